The molecule has 0 radical (unpaired) electrons. The minimum Gasteiger partial charge on any atom is -0.313 e. The van der Waals surface area contributed by atoms with Gasteiger partial charge in [0.2, 0.25) is 0 Å². The third kappa shape index (κ3) is 6.29. The second-order valence-corrected chi connectivity index (χ2v) is 6.92. The van der Waals surface area contributed by atoms with Crippen LogP contribution in [-0.2, 0) is 0 Å². The van der Waals surface area contributed by atoms with Crippen molar-refractivity contribution in [2.45, 2.75) is 104 Å². The van der Waals surface area contributed by atoms with Gasteiger partial charge in [0.15, 0.2) is 0 Å². The SMILES string of the molecule is CCCCCCCCC(NCCC)C1(C)CCCC1. The Kier molecular flexibility index (Phi) is 8.77. The van der Waals surface area contributed by atoms with Crippen molar-refractivity contribution < 1.29 is 0 Å². The summed E-state index contributed by atoms with van der Waals surface area (Å²) < 4.78 is 0. The normalized spacial score (nSPS) is 19.7. The molecule has 0 aromatic rings. The van der Waals surface area contributed by atoms with Gasteiger partial charge in [-0.05, 0) is 37.6 Å². The van der Waals surface area contributed by atoms with Crippen molar-refractivity contribution in [3.05, 3.63) is 0 Å². The van der Waals surface area contributed by atoms with E-state index in [0.29, 0.717) is 5.41 Å². The van der Waals surface area contributed by atoms with E-state index in [9.17, 15) is 0 Å². The molecule has 1 unspecified atom stereocenters. The van der Waals surface area contributed by atoms with E-state index < -0.39 is 0 Å². The lowest BCUT2D eigenvalue weighted by Gasteiger charge is -2.35. The summed E-state index contributed by atoms with van der Waals surface area (Å²) in [6.45, 7) is 8.32. The molecular formula is C18H37N. The zero-order chi connectivity index (χ0) is 14.0. The maximum Gasteiger partial charge on any atom is 0.0121 e. The highest BCUT2D eigenvalue weighted by atomic mass is 14.9. The molecule has 1 N–H and O–H groups in total. The number of unbranched alkanes of at least 4 members (excludes halogenated alkanes) is 5. The smallest absolute Gasteiger partial charge is 0.0121 e. The second-order valence-electron chi connectivity index (χ2n) is 6.92. The molecule has 0 spiro atoms. The molecule has 1 atom stereocenters. The topological polar surface area (TPSA) is 12.0 Å². The van der Waals surface area contributed by atoms with Crippen LogP contribution in [0.2, 0.25) is 0 Å². The molecule has 1 aliphatic carbocycles. The first-order valence-corrected chi connectivity index (χ1v) is 8.96. The Morgan fingerprint density at radius 3 is 2.16 bits per heavy atom. The summed E-state index contributed by atoms with van der Waals surface area (Å²) in [6.07, 6.45) is 17.0. The molecule has 1 fully saturated rings. The maximum atomic E-state index is 3.85. The van der Waals surface area contributed by atoms with Crippen molar-refractivity contribution >= 4 is 0 Å². The summed E-state index contributed by atoms with van der Waals surface area (Å²) in [5.74, 6) is 0. The first-order valence-electron chi connectivity index (χ1n) is 8.96. The van der Waals surface area contributed by atoms with Gasteiger partial charge in [-0.3, -0.25) is 0 Å². The average Bonchev–Trinajstić information content (AvgIpc) is 2.85. The fraction of sp³-hybridized carbons (Fsp3) is 1.00. The van der Waals surface area contributed by atoms with Crippen LogP contribution in [0.1, 0.15) is 97.8 Å². The predicted molar refractivity (Wildman–Crippen MR) is 86.6 cm³/mol. The first-order chi connectivity index (χ1) is 9.23. The van der Waals surface area contributed by atoms with Crippen LogP contribution in [0.25, 0.3) is 0 Å². The minimum atomic E-state index is 0.596. The summed E-state index contributed by atoms with van der Waals surface area (Å²) in [6, 6.07) is 0.779. The van der Waals surface area contributed by atoms with E-state index in [2.05, 4.69) is 26.1 Å². The van der Waals surface area contributed by atoms with Crippen LogP contribution in [-0.4, -0.2) is 12.6 Å². The van der Waals surface area contributed by atoms with E-state index in [-0.39, 0.29) is 0 Å². The highest BCUT2D eigenvalue weighted by Crippen LogP contribution is 2.42. The van der Waals surface area contributed by atoms with Crippen molar-refractivity contribution in [1.82, 2.24) is 5.32 Å². The zero-order valence-electron chi connectivity index (χ0n) is 13.8. The molecule has 0 bridgehead atoms. The fourth-order valence-corrected chi connectivity index (χ4v) is 3.68. The van der Waals surface area contributed by atoms with E-state index in [1.165, 1.54) is 83.6 Å². The van der Waals surface area contributed by atoms with E-state index >= 15 is 0 Å². The van der Waals surface area contributed by atoms with Crippen LogP contribution in [0.5, 0.6) is 0 Å². The molecule has 1 nitrogen and oxygen atoms in total. The van der Waals surface area contributed by atoms with Gasteiger partial charge in [-0.25, -0.2) is 0 Å². The number of hydrogen-bond acceptors (Lipinski definition) is 1. The number of nitrogens with one attached hydrogen (secondary N) is 1. The standard InChI is InChI=1S/C18H37N/c1-4-6-7-8-9-10-13-17(19-16-5-2)18(3)14-11-12-15-18/h17,19H,4-16H2,1-3H3. The molecule has 19 heavy (non-hydrogen) atoms. The Bertz CT molecular complexity index is 206. The maximum absolute atomic E-state index is 3.85. The molecule has 0 saturated heterocycles. The summed E-state index contributed by atoms with van der Waals surface area (Å²) in [7, 11) is 0. The van der Waals surface area contributed by atoms with Crippen LogP contribution in [0.15, 0.2) is 0 Å². The zero-order valence-corrected chi connectivity index (χ0v) is 13.8. The molecular weight excluding hydrogens is 230 g/mol. The molecule has 0 aromatic heterocycles. The molecule has 0 amide bonds. The first kappa shape index (κ1) is 17.0. The summed E-state index contributed by atoms with van der Waals surface area (Å²) in [4.78, 5) is 0. The van der Waals surface area contributed by atoms with Gasteiger partial charge in [-0.15, -0.1) is 0 Å². The fourth-order valence-electron chi connectivity index (χ4n) is 3.68. The van der Waals surface area contributed by atoms with Crippen LogP contribution in [0.3, 0.4) is 0 Å². The monoisotopic (exact) mass is 267 g/mol. The predicted octanol–water partition coefficient (Wildman–Crippen LogP) is 5.69. The average molecular weight is 268 g/mol. The van der Waals surface area contributed by atoms with E-state index in [4.69, 9.17) is 0 Å². The van der Waals surface area contributed by atoms with E-state index in [1.54, 1.807) is 0 Å². The van der Waals surface area contributed by atoms with Gasteiger partial charge in [0.1, 0.15) is 0 Å². The Morgan fingerprint density at radius 2 is 1.53 bits per heavy atom. The number of rotatable bonds is 11. The van der Waals surface area contributed by atoms with Crippen molar-refractivity contribution in [2.75, 3.05) is 6.54 Å². The van der Waals surface area contributed by atoms with Crippen LogP contribution >= 0.6 is 0 Å². The van der Waals surface area contributed by atoms with Gasteiger partial charge in [0, 0.05) is 6.04 Å². The lowest BCUT2D eigenvalue weighted by molar-refractivity contribution is 0.206. The Morgan fingerprint density at radius 1 is 0.895 bits per heavy atom. The highest BCUT2D eigenvalue weighted by Gasteiger charge is 2.35. The van der Waals surface area contributed by atoms with Crippen LogP contribution < -0.4 is 5.32 Å². The van der Waals surface area contributed by atoms with Gasteiger partial charge in [0.25, 0.3) is 0 Å². The lowest BCUT2D eigenvalue weighted by atomic mass is 9.78. The van der Waals surface area contributed by atoms with Gasteiger partial charge in [-0.2, -0.15) is 0 Å². The van der Waals surface area contributed by atoms with Crippen LogP contribution in [0.4, 0.5) is 0 Å². The molecule has 114 valence electrons. The quantitative estimate of drug-likeness (QED) is 0.474. The Labute approximate surface area is 121 Å². The highest BCUT2D eigenvalue weighted by molar-refractivity contribution is 4.91. The molecule has 0 aliphatic heterocycles. The molecule has 1 aliphatic rings. The second kappa shape index (κ2) is 9.80. The summed E-state index contributed by atoms with van der Waals surface area (Å²) in [5, 5.41) is 3.85. The van der Waals surface area contributed by atoms with Gasteiger partial charge in [0.05, 0.1) is 0 Å². The third-order valence-electron chi connectivity index (χ3n) is 5.07. The summed E-state index contributed by atoms with van der Waals surface area (Å²) in [5.41, 5.74) is 0.596. The van der Waals surface area contributed by atoms with Crippen molar-refractivity contribution in [3.8, 4) is 0 Å². The minimum absolute atomic E-state index is 0.596. The largest absolute Gasteiger partial charge is 0.313 e. The molecule has 1 heteroatoms. The van der Waals surface area contributed by atoms with E-state index in [0.717, 1.165) is 6.04 Å². The van der Waals surface area contributed by atoms with Gasteiger partial charge >= 0.3 is 0 Å². The van der Waals surface area contributed by atoms with E-state index in [1.807, 2.05) is 0 Å². The van der Waals surface area contributed by atoms with Crippen molar-refractivity contribution in [2.24, 2.45) is 5.41 Å². The van der Waals surface area contributed by atoms with Crippen molar-refractivity contribution in [1.29, 1.82) is 0 Å². The Balaban J connectivity index is 2.25. The van der Waals surface area contributed by atoms with Crippen LogP contribution in [0, 0.1) is 5.41 Å². The molecule has 1 rings (SSSR count). The summed E-state index contributed by atoms with van der Waals surface area (Å²) >= 11 is 0. The molecule has 0 aromatic carbocycles. The lowest BCUT2D eigenvalue weighted by Crippen LogP contribution is -2.42. The number of hydrogen-bond donors (Lipinski definition) is 1. The third-order valence-corrected chi connectivity index (χ3v) is 5.07. The van der Waals surface area contributed by atoms with Gasteiger partial charge in [-0.1, -0.05) is 72.1 Å². The molecule has 0 heterocycles. The van der Waals surface area contributed by atoms with Gasteiger partial charge < -0.3 is 5.32 Å². The Hall–Kier alpha value is -0.0400. The van der Waals surface area contributed by atoms with Crippen molar-refractivity contribution in [3.63, 3.8) is 0 Å². The molecule has 1 saturated carbocycles.